The summed E-state index contributed by atoms with van der Waals surface area (Å²) in [5, 5.41) is 3.27. The third-order valence-electron chi connectivity index (χ3n) is 4.35. The molecule has 5 nitrogen and oxygen atoms in total. The Morgan fingerprint density at radius 3 is 2.74 bits per heavy atom. The van der Waals surface area contributed by atoms with Gasteiger partial charge in [0, 0.05) is 39.3 Å². The smallest absolute Gasteiger partial charge is 0.225 e. The van der Waals surface area contributed by atoms with Crippen molar-refractivity contribution in [2.75, 3.05) is 46.4 Å². The van der Waals surface area contributed by atoms with Gasteiger partial charge in [0.25, 0.3) is 0 Å². The van der Waals surface area contributed by atoms with Crippen LogP contribution < -0.4 is 5.32 Å². The van der Waals surface area contributed by atoms with Gasteiger partial charge in [-0.3, -0.25) is 4.79 Å². The van der Waals surface area contributed by atoms with Crippen LogP contribution in [0.15, 0.2) is 0 Å². The molecule has 0 saturated carbocycles. The van der Waals surface area contributed by atoms with E-state index in [4.69, 9.17) is 4.74 Å². The topological polar surface area (TPSA) is 44.8 Å². The molecular formula is C14H27N3O2. The third kappa shape index (κ3) is 4.16. The number of hydrogen-bond acceptors (Lipinski definition) is 4. The number of rotatable bonds is 4. The van der Waals surface area contributed by atoms with Crippen LogP contribution in [0.4, 0.5) is 0 Å². The van der Waals surface area contributed by atoms with Crippen LogP contribution in [0.5, 0.6) is 0 Å². The number of carbonyl (C=O) groups is 1. The average Bonchev–Trinajstić information content (AvgIpc) is 2.47. The molecule has 2 rings (SSSR count). The number of hydrogen-bond donors (Lipinski definition) is 1. The van der Waals surface area contributed by atoms with Crippen LogP contribution in [0.2, 0.25) is 0 Å². The van der Waals surface area contributed by atoms with Crippen LogP contribution in [-0.4, -0.2) is 74.2 Å². The first-order valence-corrected chi connectivity index (χ1v) is 7.51. The van der Waals surface area contributed by atoms with Crippen LogP contribution in [0.1, 0.15) is 26.2 Å². The fourth-order valence-corrected chi connectivity index (χ4v) is 2.92. The Morgan fingerprint density at radius 1 is 1.42 bits per heavy atom. The van der Waals surface area contributed by atoms with Crippen molar-refractivity contribution in [3.63, 3.8) is 0 Å². The van der Waals surface area contributed by atoms with Crippen molar-refractivity contribution in [1.29, 1.82) is 0 Å². The number of nitrogens with one attached hydrogen (secondary N) is 1. The number of amides is 1. The van der Waals surface area contributed by atoms with E-state index in [0.717, 1.165) is 52.2 Å². The molecule has 19 heavy (non-hydrogen) atoms. The molecule has 2 heterocycles. The van der Waals surface area contributed by atoms with Crippen LogP contribution in [0.25, 0.3) is 0 Å². The normalized spacial score (nSPS) is 26.3. The summed E-state index contributed by atoms with van der Waals surface area (Å²) in [5.74, 6) is 0.226. The lowest BCUT2D eigenvalue weighted by Gasteiger charge is -2.37. The molecule has 2 aliphatic rings. The predicted molar refractivity (Wildman–Crippen MR) is 75.1 cm³/mol. The molecule has 2 aliphatic heterocycles. The lowest BCUT2D eigenvalue weighted by molar-refractivity contribution is -0.136. The Bertz CT molecular complexity index is 284. The lowest BCUT2D eigenvalue weighted by atomic mass is 10.0. The lowest BCUT2D eigenvalue weighted by Crippen LogP contribution is -2.47. The van der Waals surface area contributed by atoms with Crippen molar-refractivity contribution >= 4 is 5.91 Å². The van der Waals surface area contributed by atoms with Crippen molar-refractivity contribution in [3.8, 4) is 0 Å². The van der Waals surface area contributed by atoms with Gasteiger partial charge in [0.05, 0.1) is 19.1 Å². The van der Waals surface area contributed by atoms with E-state index in [2.05, 4.69) is 17.1 Å². The molecule has 0 aromatic carbocycles. The van der Waals surface area contributed by atoms with E-state index in [1.807, 2.05) is 11.9 Å². The number of ether oxygens (including phenoxy) is 1. The van der Waals surface area contributed by atoms with E-state index < -0.39 is 0 Å². The zero-order chi connectivity index (χ0) is 13.7. The Balaban J connectivity index is 1.75. The molecule has 2 fully saturated rings. The first-order chi connectivity index (χ1) is 9.20. The third-order valence-corrected chi connectivity index (χ3v) is 4.35. The van der Waals surface area contributed by atoms with Gasteiger partial charge in [-0.2, -0.15) is 0 Å². The summed E-state index contributed by atoms with van der Waals surface area (Å²) in [6, 6.07) is 0.409. The fraction of sp³-hybridized carbons (Fsp3) is 0.929. The van der Waals surface area contributed by atoms with Gasteiger partial charge in [0.2, 0.25) is 5.91 Å². The Hall–Kier alpha value is -0.650. The maximum Gasteiger partial charge on any atom is 0.225 e. The monoisotopic (exact) mass is 269 g/mol. The summed E-state index contributed by atoms with van der Waals surface area (Å²) in [5.41, 5.74) is 0. The zero-order valence-corrected chi connectivity index (χ0v) is 12.2. The van der Waals surface area contributed by atoms with Crippen molar-refractivity contribution < 1.29 is 9.53 Å². The molecule has 5 heteroatoms. The van der Waals surface area contributed by atoms with Gasteiger partial charge in [0.15, 0.2) is 0 Å². The van der Waals surface area contributed by atoms with E-state index >= 15 is 0 Å². The van der Waals surface area contributed by atoms with Gasteiger partial charge in [-0.15, -0.1) is 0 Å². The first-order valence-electron chi connectivity index (χ1n) is 7.51. The molecule has 0 aromatic heterocycles. The van der Waals surface area contributed by atoms with Gasteiger partial charge < -0.3 is 19.9 Å². The first kappa shape index (κ1) is 14.8. The Labute approximate surface area is 116 Å². The number of morpholine rings is 1. The number of nitrogens with zero attached hydrogens (tertiary/aromatic N) is 2. The second-order valence-corrected chi connectivity index (χ2v) is 5.57. The molecule has 1 atom stereocenters. The Morgan fingerprint density at radius 2 is 2.16 bits per heavy atom. The molecule has 2 saturated heterocycles. The quantitative estimate of drug-likeness (QED) is 0.798. The van der Waals surface area contributed by atoms with E-state index in [-0.39, 0.29) is 12.0 Å². The molecule has 1 N–H and O–H groups in total. The highest BCUT2D eigenvalue weighted by Gasteiger charge is 2.26. The van der Waals surface area contributed by atoms with Crippen LogP contribution in [0.3, 0.4) is 0 Å². The SMILES string of the molecule is CCN1CCC(N(C)C(=O)CC2CNCCO2)CC1. The van der Waals surface area contributed by atoms with Crippen LogP contribution >= 0.6 is 0 Å². The van der Waals surface area contributed by atoms with Gasteiger partial charge >= 0.3 is 0 Å². The highest BCUT2D eigenvalue weighted by molar-refractivity contribution is 5.76. The maximum atomic E-state index is 12.3. The van der Waals surface area contributed by atoms with E-state index in [1.165, 1.54) is 0 Å². The summed E-state index contributed by atoms with van der Waals surface area (Å²) in [6.07, 6.45) is 2.76. The largest absolute Gasteiger partial charge is 0.375 e. The molecule has 0 bridgehead atoms. The summed E-state index contributed by atoms with van der Waals surface area (Å²) >= 11 is 0. The number of carbonyl (C=O) groups excluding carboxylic acids is 1. The average molecular weight is 269 g/mol. The van der Waals surface area contributed by atoms with E-state index in [9.17, 15) is 4.79 Å². The molecule has 0 aromatic rings. The predicted octanol–water partition coefficient (Wildman–Crippen LogP) is 0.308. The molecule has 110 valence electrons. The fourth-order valence-electron chi connectivity index (χ4n) is 2.92. The van der Waals surface area contributed by atoms with Gasteiger partial charge in [-0.1, -0.05) is 6.92 Å². The standard InChI is InChI=1S/C14H27N3O2/c1-3-17-7-4-12(5-8-17)16(2)14(18)10-13-11-15-6-9-19-13/h12-13,15H,3-11H2,1-2H3. The number of likely N-dealkylation sites (tertiary alicyclic amines) is 1. The molecular weight excluding hydrogens is 242 g/mol. The highest BCUT2D eigenvalue weighted by Crippen LogP contribution is 2.16. The van der Waals surface area contributed by atoms with Crippen molar-refractivity contribution in [3.05, 3.63) is 0 Å². The second-order valence-electron chi connectivity index (χ2n) is 5.57. The van der Waals surface area contributed by atoms with E-state index in [0.29, 0.717) is 12.5 Å². The maximum absolute atomic E-state index is 12.3. The summed E-state index contributed by atoms with van der Waals surface area (Å²) in [7, 11) is 1.95. The second kappa shape index (κ2) is 7.22. The summed E-state index contributed by atoms with van der Waals surface area (Å²) in [4.78, 5) is 16.7. The molecule has 0 aliphatic carbocycles. The summed E-state index contributed by atoms with van der Waals surface area (Å²) in [6.45, 7) is 7.95. The molecule has 1 amide bonds. The van der Waals surface area contributed by atoms with Crippen molar-refractivity contribution in [2.24, 2.45) is 0 Å². The van der Waals surface area contributed by atoms with Gasteiger partial charge in [0.1, 0.15) is 0 Å². The minimum atomic E-state index is 0.0550. The van der Waals surface area contributed by atoms with Crippen LogP contribution in [0, 0.1) is 0 Å². The van der Waals surface area contributed by atoms with Crippen molar-refractivity contribution in [1.82, 2.24) is 15.1 Å². The molecule has 0 spiro atoms. The summed E-state index contributed by atoms with van der Waals surface area (Å²) < 4.78 is 5.60. The van der Waals surface area contributed by atoms with E-state index in [1.54, 1.807) is 0 Å². The minimum Gasteiger partial charge on any atom is -0.375 e. The number of piperidine rings is 1. The molecule has 0 radical (unpaired) electrons. The molecule has 1 unspecified atom stereocenters. The van der Waals surface area contributed by atoms with Crippen molar-refractivity contribution in [2.45, 2.75) is 38.3 Å². The minimum absolute atomic E-state index is 0.0550. The van der Waals surface area contributed by atoms with Gasteiger partial charge in [-0.25, -0.2) is 0 Å². The zero-order valence-electron chi connectivity index (χ0n) is 12.2. The van der Waals surface area contributed by atoms with Gasteiger partial charge in [-0.05, 0) is 19.4 Å². The van der Waals surface area contributed by atoms with Crippen LogP contribution in [-0.2, 0) is 9.53 Å². The highest BCUT2D eigenvalue weighted by atomic mass is 16.5. The Kier molecular flexibility index (Phi) is 5.60.